The summed E-state index contributed by atoms with van der Waals surface area (Å²) in [6.45, 7) is 5.82. The van der Waals surface area contributed by atoms with Gasteiger partial charge in [0.15, 0.2) is 6.73 Å². The van der Waals surface area contributed by atoms with Crippen molar-refractivity contribution in [2.45, 2.75) is 32.9 Å². The van der Waals surface area contributed by atoms with Crippen LogP contribution in [0.2, 0.25) is 10.0 Å². The van der Waals surface area contributed by atoms with E-state index in [2.05, 4.69) is 25.9 Å². The third kappa shape index (κ3) is 4.12. The number of ether oxygens (including phenoxy) is 1. The van der Waals surface area contributed by atoms with Crippen LogP contribution >= 0.6 is 23.2 Å². The van der Waals surface area contributed by atoms with E-state index in [1.165, 1.54) is 6.20 Å². The maximum absolute atomic E-state index is 12.1. The zero-order valence-electron chi connectivity index (χ0n) is 13.0. The smallest absolute Gasteiger partial charge is 0.339 e. The number of carbonyl (C=O) groups is 1. The molecule has 0 N–H and O–H groups in total. The molecule has 0 unspecified atom stereocenters. The Morgan fingerprint density at radius 3 is 2.65 bits per heavy atom. The Morgan fingerprint density at radius 1 is 1.30 bits per heavy atom. The Hall–Kier alpha value is -1.85. The SMILES string of the molecule is CC(C)(C)c1cccc(C(=O)OCn2ncc(Cl)c(Cl)c2=O)c1. The minimum atomic E-state index is -0.615. The van der Waals surface area contributed by atoms with Gasteiger partial charge in [-0.15, -0.1) is 0 Å². The highest BCUT2D eigenvalue weighted by molar-refractivity contribution is 6.41. The van der Waals surface area contributed by atoms with E-state index in [-0.39, 0.29) is 22.2 Å². The van der Waals surface area contributed by atoms with Crippen LogP contribution in [0, 0.1) is 0 Å². The summed E-state index contributed by atoms with van der Waals surface area (Å²) in [5.74, 6) is -0.545. The van der Waals surface area contributed by atoms with Crippen LogP contribution in [0.1, 0.15) is 36.7 Å². The lowest BCUT2D eigenvalue weighted by molar-refractivity contribution is 0.0340. The van der Waals surface area contributed by atoms with Crippen molar-refractivity contribution in [1.29, 1.82) is 0 Å². The van der Waals surface area contributed by atoms with E-state index in [0.717, 1.165) is 10.2 Å². The van der Waals surface area contributed by atoms with Crippen molar-refractivity contribution in [3.63, 3.8) is 0 Å². The lowest BCUT2D eigenvalue weighted by atomic mass is 9.86. The van der Waals surface area contributed by atoms with Crippen LogP contribution in [0.3, 0.4) is 0 Å². The van der Waals surface area contributed by atoms with E-state index in [9.17, 15) is 9.59 Å². The van der Waals surface area contributed by atoms with Gasteiger partial charge in [0.25, 0.3) is 5.56 Å². The minimum absolute atomic E-state index is 0.0529. The second-order valence-corrected chi connectivity index (χ2v) is 6.79. The first kappa shape index (κ1) is 17.5. The van der Waals surface area contributed by atoms with Gasteiger partial charge in [0.1, 0.15) is 5.02 Å². The predicted molar refractivity (Wildman–Crippen MR) is 89.1 cm³/mol. The summed E-state index contributed by atoms with van der Waals surface area (Å²) in [5, 5.41) is 3.66. The molecule has 0 bridgehead atoms. The number of esters is 1. The molecule has 0 radical (unpaired) electrons. The Kier molecular flexibility index (Phi) is 5.12. The van der Waals surface area contributed by atoms with E-state index in [0.29, 0.717) is 5.56 Å². The summed E-state index contributed by atoms with van der Waals surface area (Å²) < 4.78 is 6.05. The maximum Gasteiger partial charge on any atom is 0.339 e. The number of benzene rings is 1. The molecule has 0 fully saturated rings. The van der Waals surface area contributed by atoms with Crippen molar-refractivity contribution in [3.8, 4) is 0 Å². The zero-order valence-corrected chi connectivity index (χ0v) is 14.5. The van der Waals surface area contributed by atoms with E-state index >= 15 is 0 Å². The van der Waals surface area contributed by atoms with Crippen LogP contribution in [0.4, 0.5) is 0 Å². The average molecular weight is 355 g/mol. The second kappa shape index (κ2) is 6.72. The fourth-order valence-corrected chi connectivity index (χ4v) is 2.12. The van der Waals surface area contributed by atoms with Crippen LogP contribution < -0.4 is 5.56 Å². The molecule has 2 rings (SSSR count). The molecule has 23 heavy (non-hydrogen) atoms. The summed E-state index contributed by atoms with van der Waals surface area (Å²) in [4.78, 5) is 24.0. The first-order valence-electron chi connectivity index (χ1n) is 6.89. The molecule has 122 valence electrons. The third-order valence-corrected chi connectivity index (χ3v) is 3.97. The van der Waals surface area contributed by atoms with Gasteiger partial charge in [-0.1, -0.05) is 56.1 Å². The summed E-state index contributed by atoms with van der Waals surface area (Å²) in [6.07, 6.45) is 1.22. The highest BCUT2D eigenvalue weighted by atomic mass is 35.5. The molecule has 7 heteroatoms. The van der Waals surface area contributed by atoms with Crippen LogP contribution in [0.15, 0.2) is 35.3 Å². The average Bonchev–Trinajstić information content (AvgIpc) is 2.51. The highest BCUT2D eigenvalue weighted by Gasteiger charge is 2.16. The number of halogens is 2. The number of hydrogen-bond acceptors (Lipinski definition) is 4. The fraction of sp³-hybridized carbons (Fsp3) is 0.312. The molecule has 2 aromatic rings. The second-order valence-electron chi connectivity index (χ2n) is 6.00. The maximum atomic E-state index is 12.1. The number of aromatic nitrogens is 2. The van der Waals surface area contributed by atoms with Gasteiger partial charge in [0.05, 0.1) is 16.8 Å². The lowest BCUT2D eigenvalue weighted by Crippen LogP contribution is -2.25. The normalized spacial score (nSPS) is 11.3. The summed E-state index contributed by atoms with van der Waals surface area (Å²) in [6, 6.07) is 7.17. The van der Waals surface area contributed by atoms with Gasteiger partial charge < -0.3 is 4.74 Å². The molecule has 1 aromatic heterocycles. The molecule has 5 nitrogen and oxygen atoms in total. The van der Waals surface area contributed by atoms with Crippen molar-refractivity contribution in [1.82, 2.24) is 9.78 Å². The van der Waals surface area contributed by atoms with Crippen LogP contribution in [-0.2, 0) is 16.9 Å². The summed E-state index contributed by atoms with van der Waals surface area (Å²) in [5.41, 5.74) is 0.719. The van der Waals surface area contributed by atoms with Crippen LogP contribution in [0.25, 0.3) is 0 Å². The third-order valence-electron chi connectivity index (χ3n) is 3.22. The molecule has 0 aliphatic carbocycles. The monoisotopic (exact) mass is 354 g/mol. The molecule has 1 aromatic carbocycles. The number of carbonyl (C=O) groups excluding carboxylic acids is 1. The Morgan fingerprint density at radius 2 is 2.00 bits per heavy atom. The standard InChI is InChI=1S/C16H16Cl2N2O3/c1-16(2,3)11-6-4-5-10(7-11)15(22)23-9-20-14(21)13(18)12(17)8-19-20/h4-8H,9H2,1-3H3. The Bertz CT molecular complexity index is 795. The van der Waals surface area contributed by atoms with Crippen LogP contribution in [0.5, 0.6) is 0 Å². The van der Waals surface area contributed by atoms with Gasteiger partial charge in [0, 0.05) is 0 Å². The molecule has 0 amide bonds. The van der Waals surface area contributed by atoms with Crippen LogP contribution in [-0.4, -0.2) is 15.7 Å². The highest BCUT2D eigenvalue weighted by Crippen LogP contribution is 2.23. The van der Waals surface area contributed by atoms with Gasteiger partial charge in [-0.05, 0) is 23.1 Å². The minimum Gasteiger partial charge on any atom is -0.439 e. The van der Waals surface area contributed by atoms with Gasteiger partial charge >= 0.3 is 5.97 Å². The molecule has 0 aliphatic rings. The topological polar surface area (TPSA) is 61.2 Å². The van der Waals surface area contributed by atoms with Crippen molar-refractivity contribution in [2.24, 2.45) is 0 Å². The van der Waals surface area contributed by atoms with E-state index in [4.69, 9.17) is 27.9 Å². The van der Waals surface area contributed by atoms with Crippen molar-refractivity contribution >= 4 is 29.2 Å². The zero-order chi connectivity index (χ0) is 17.2. The molecule has 0 atom stereocenters. The molecule has 0 spiro atoms. The quantitative estimate of drug-likeness (QED) is 0.789. The molecule has 0 saturated carbocycles. The van der Waals surface area contributed by atoms with Crippen molar-refractivity contribution in [3.05, 3.63) is 62.0 Å². The van der Waals surface area contributed by atoms with Gasteiger partial charge in [-0.3, -0.25) is 4.79 Å². The Balaban J connectivity index is 2.15. The number of rotatable bonds is 3. The van der Waals surface area contributed by atoms with Crippen molar-refractivity contribution in [2.75, 3.05) is 0 Å². The summed E-state index contributed by atoms with van der Waals surface area (Å²) in [7, 11) is 0. The number of nitrogens with zero attached hydrogens (tertiary/aromatic N) is 2. The van der Waals surface area contributed by atoms with Crippen molar-refractivity contribution < 1.29 is 9.53 Å². The van der Waals surface area contributed by atoms with Gasteiger partial charge in [-0.25, -0.2) is 4.79 Å². The Labute approximate surface area is 143 Å². The van der Waals surface area contributed by atoms with Gasteiger partial charge in [0.2, 0.25) is 0 Å². The fourth-order valence-electron chi connectivity index (χ4n) is 1.85. The lowest BCUT2D eigenvalue weighted by Gasteiger charge is -2.19. The number of hydrogen-bond donors (Lipinski definition) is 0. The molecular weight excluding hydrogens is 339 g/mol. The van der Waals surface area contributed by atoms with E-state index in [1.54, 1.807) is 18.2 Å². The summed E-state index contributed by atoms with van der Waals surface area (Å²) >= 11 is 11.4. The molecule has 0 saturated heterocycles. The first-order chi connectivity index (χ1) is 10.7. The van der Waals surface area contributed by atoms with E-state index in [1.807, 2.05) is 6.07 Å². The molecular formula is C16H16Cl2N2O3. The largest absolute Gasteiger partial charge is 0.439 e. The molecule has 0 aliphatic heterocycles. The van der Waals surface area contributed by atoms with E-state index < -0.39 is 11.5 Å². The molecule has 1 heterocycles. The van der Waals surface area contributed by atoms with Gasteiger partial charge in [-0.2, -0.15) is 9.78 Å². The predicted octanol–water partition coefficient (Wildman–Crippen LogP) is 3.66. The first-order valence-corrected chi connectivity index (χ1v) is 7.64.